The van der Waals surface area contributed by atoms with Crippen molar-refractivity contribution in [1.29, 1.82) is 0 Å². The molecule has 1 amide bonds. The molecular weight excluding hydrogens is 334 g/mol. The molecule has 0 fully saturated rings. The molecular formula is C19H19N3O2S. The summed E-state index contributed by atoms with van der Waals surface area (Å²) in [6, 6.07) is 12.5. The van der Waals surface area contributed by atoms with Gasteiger partial charge in [0, 0.05) is 12.6 Å². The van der Waals surface area contributed by atoms with Crippen molar-refractivity contribution < 1.29 is 9.53 Å². The van der Waals surface area contributed by atoms with Crippen LogP contribution in [0, 0.1) is 6.92 Å². The van der Waals surface area contributed by atoms with Gasteiger partial charge < -0.3 is 10.1 Å². The molecule has 128 valence electrons. The molecule has 0 radical (unpaired) electrons. The Labute approximate surface area is 150 Å². The SMILES string of the molecule is COc1ccc2cc(C3SCC(=O)Nc4c3c(C)nn4C)ccc2c1. The summed E-state index contributed by atoms with van der Waals surface area (Å²) in [6.45, 7) is 2.00. The van der Waals surface area contributed by atoms with Crippen LogP contribution in [-0.2, 0) is 11.8 Å². The van der Waals surface area contributed by atoms with E-state index in [0.717, 1.165) is 33.6 Å². The summed E-state index contributed by atoms with van der Waals surface area (Å²) >= 11 is 1.64. The van der Waals surface area contributed by atoms with Gasteiger partial charge in [0.1, 0.15) is 11.6 Å². The number of rotatable bonds is 2. The van der Waals surface area contributed by atoms with Crippen molar-refractivity contribution in [1.82, 2.24) is 9.78 Å². The zero-order chi connectivity index (χ0) is 17.6. The van der Waals surface area contributed by atoms with Gasteiger partial charge in [0.2, 0.25) is 5.91 Å². The van der Waals surface area contributed by atoms with E-state index in [4.69, 9.17) is 4.74 Å². The van der Waals surface area contributed by atoms with Gasteiger partial charge in [0.15, 0.2) is 0 Å². The zero-order valence-electron chi connectivity index (χ0n) is 14.4. The molecule has 1 N–H and O–H groups in total. The second-order valence-electron chi connectivity index (χ2n) is 6.18. The van der Waals surface area contributed by atoms with Crippen molar-refractivity contribution in [3.8, 4) is 5.75 Å². The third-order valence-electron chi connectivity index (χ3n) is 4.54. The van der Waals surface area contributed by atoms with Crippen molar-refractivity contribution in [2.45, 2.75) is 12.2 Å². The number of carbonyl (C=O) groups is 1. The molecule has 0 spiro atoms. The molecule has 1 aliphatic rings. The number of hydrogen-bond acceptors (Lipinski definition) is 4. The van der Waals surface area contributed by atoms with Crippen LogP contribution < -0.4 is 10.1 Å². The lowest BCUT2D eigenvalue weighted by atomic mass is 10.0. The predicted octanol–water partition coefficient (Wildman–Crippen LogP) is 3.67. The van der Waals surface area contributed by atoms with Crippen molar-refractivity contribution in [2.75, 3.05) is 18.2 Å². The van der Waals surface area contributed by atoms with Crippen LogP contribution in [0.3, 0.4) is 0 Å². The summed E-state index contributed by atoms with van der Waals surface area (Å²) in [5.41, 5.74) is 3.22. The number of hydrogen-bond donors (Lipinski definition) is 1. The molecule has 0 bridgehead atoms. The fraction of sp³-hybridized carbons (Fsp3) is 0.263. The Morgan fingerprint density at radius 2 is 2.00 bits per heavy atom. The Kier molecular flexibility index (Phi) is 3.92. The minimum absolute atomic E-state index is 0.0160. The highest BCUT2D eigenvalue weighted by molar-refractivity contribution is 8.00. The lowest BCUT2D eigenvalue weighted by molar-refractivity contribution is -0.113. The summed E-state index contributed by atoms with van der Waals surface area (Å²) < 4.78 is 7.06. The number of nitrogens with zero attached hydrogens (tertiary/aromatic N) is 2. The molecule has 25 heavy (non-hydrogen) atoms. The average molecular weight is 353 g/mol. The van der Waals surface area contributed by atoms with E-state index in [1.165, 1.54) is 5.56 Å². The fourth-order valence-corrected chi connectivity index (χ4v) is 4.52. The summed E-state index contributed by atoms with van der Waals surface area (Å²) in [5, 5.41) is 9.86. The Morgan fingerprint density at radius 1 is 1.24 bits per heavy atom. The lowest BCUT2D eigenvalue weighted by Crippen LogP contribution is -2.15. The topological polar surface area (TPSA) is 56.1 Å². The van der Waals surface area contributed by atoms with Crippen molar-refractivity contribution in [3.63, 3.8) is 0 Å². The number of benzene rings is 2. The van der Waals surface area contributed by atoms with Crippen molar-refractivity contribution in [3.05, 3.63) is 53.2 Å². The molecule has 1 atom stereocenters. The molecule has 5 nitrogen and oxygen atoms in total. The van der Waals surface area contributed by atoms with Crippen LogP contribution in [0.2, 0.25) is 0 Å². The first-order valence-electron chi connectivity index (χ1n) is 8.09. The first-order chi connectivity index (χ1) is 12.1. The van der Waals surface area contributed by atoms with Crippen LogP contribution in [0.25, 0.3) is 10.8 Å². The molecule has 3 aromatic rings. The molecule has 1 unspecified atom stereocenters. The van der Waals surface area contributed by atoms with Crippen LogP contribution in [-0.4, -0.2) is 28.6 Å². The number of fused-ring (bicyclic) bond motifs is 2. The Hall–Kier alpha value is -2.47. The van der Waals surface area contributed by atoms with Crippen molar-refractivity contribution in [2.24, 2.45) is 7.05 Å². The fourth-order valence-electron chi connectivity index (χ4n) is 3.34. The van der Waals surface area contributed by atoms with Gasteiger partial charge in [-0.1, -0.05) is 18.2 Å². The van der Waals surface area contributed by atoms with Gasteiger partial charge >= 0.3 is 0 Å². The van der Waals surface area contributed by atoms with E-state index in [2.05, 4.69) is 34.7 Å². The maximum atomic E-state index is 12.1. The summed E-state index contributed by atoms with van der Waals surface area (Å²) in [4.78, 5) is 12.1. The van der Waals surface area contributed by atoms with Gasteiger partial charge in [-0.15, -0.1) is 11.8 Å². The Balaban J connectivity index is 1.84. The minimum Gasteiger partial charge on any atom is -0.497 e. The van der Waals surface area contributed by atoms with Crippen molar-refractivity contribution >= 4 is 34.3 Å². The lowest BCUT2D eigenvalue weighted by Gasteiger charge is -2.16. The summed E-state index contributed by atoms with van der Waals surface area (Å²) in [7, 11) is 3.54. The monoisotopic (exact) mass is 353 g/mol. The molecule has 2 heterocycles. The second kappa shape index (κ2) is 6.11. The van der Waals surface area contributed by atoms with E-state index in [-0.39, 0.29) is 11.2 Å². The Morgan fingerprint density at radius 3 is 2.80 bits per heavy atom. The van der Waals surface area contributed by atoms with Crippen LogP contribution in [0.4, 0.5) is 5.82 Å². The number of methoxy groups -OCH3 is 1. The standard InChI is InChI=1S/C19H19N3O2S/c1-11-17-18(25-10-16(23)20-19(17)22(2)21-11)14-5-4-13-9-15(24-3)7-6-12(13)8-14/h4-9,18H,10H2,1-3H3,(H,20,23). The highest BCUT2D eigenvalue weighted by Gasteiger charge is 2.29. The minimum atomic E-state index is 0.0160. The molecule has 0 saturated carbocycles. The van der Waals surface area contributed by atoms with Gasteiger partial charge in [-0.05, 0) is 41.5 Å². The number of thioether (sulfide) groups is 1. The third kappa shape index (κ3) is 2.76. The number of aryl methyl sites for hydroxylation is 2. The van der Waals surface area contributed by atoms with E-state index in [1.54, 1.807) is 23.6 Å². The number of anilines is 1. The first kappa shape index (κ1) is 16.0. The molecule has 1 aliphatic heterocycles. The maximum Gasteiger partial charge on any atom is 0.235 e. The highest BCUT2D eigenvalue weighted by atomic mass is 32.2. The van der Waals surface area contributed by atoms with Crippen LogP contribution in [0.15, 0.2) is 36.4 Å². The third-order valence-corrected chi connectivity index (χ3v) is 5.81. The van der Waals surface area contributed by atoms with E-state index in [9.17, 15) is 4.79 Å². The average Bonchev–Trinajstić information content (AvgIpc) is 2.79. The van der Waals surface area contributed by atoms with E-state index < -0.39 is 0 Å². The van der Waals surface area contributed by atoms with E-state index >= 15 is 0 Å². The molecule has 1 aromatic heterocycles. The zero-order valence-corrected chi connectivity index (χ0v) is 15.2. The molecule has 4 rings (SSSR count). The number of aromatic nitrogens is 2. The van der Waals surface area contributed by atoms with Crippen LogP contribution in [0.1, 0.15) is 22.1 Å². The Bertz CT molecular complexity index is 980. The molecule has 6 heteroatoms. The summed E-state index contributed by atoms with van der Waals surface area (Å²) in [6.07, 6.45) is 0. The number of carbonyl (C=O) groups excluding carboxylic acids is 1. The maximum absolute atomic E-state index is 12.1. The van der Waals surface area contributed by atoms with E-state index in [1.807, 2.05) is 26.1 Å². The predicted molar refractivity (Wildman–Crippen MR) is 101 cm³/mol. The van der Waals surface area contributed by atoms with Gasteiger partial charge in [-0.25, -0.2) is 0 Å². The molecule has 2 aromatic carbocycles. The quantitative estimate of drug-likeness (QED) is 0.764. The molecule has 0 saturated heterocycles. The summed E-state index contributed by atoms with van der Waals surface area (Å²) in [5.74, 6) is 2.10. The largest absolute Gasteiger partial charge is 0.497 e. The highest BCUT2D eigenvalue weighted by Crippen LogP contribution is 2.43. The van der Waals surface area contributed by atoms with Crippen LogP contribution in [0.5, 0.6) is 5.75 Å². The molecule has 0 aliphatic carbocycles. The number of amides is 1. The second-order valence-corrected chi connectivity index (χ2v) is 7.28. The van der Waals surface area contributed by atoms with Gasteiger partial charge in [0.05, 0.1) is 23.8 Å². The van der Waals surface area contributed by atoms with Gasteiger partial charge in [-0.3, -0.25) is 9.48 Å². The first-order valence-corrected chi connectivity index (χ1v) is 9.14. The normalized spacial score (nSPS) is 17.1. The van der Waals surface area contributed by atoms with E-state index in [0.29, 0.717) is 5.75 Å². The van der Waals surface area contributed by atoms with Gasteiger partial charge in [-0.2, -0.15) is 5.10 Å². The smallest absolute Gasteiger partial charge is 0.235 e. The number of ether oxygens (including phenoxy) is 1. The van der Waals surface area contributed by atoms with Gasteiger partial charge in [0.25, 0.3) is 0 Å². The van der Waals surface area contributed by atoms with Crippen LogP contribution >= 0.6 is 11.8 Å². The number of nitrogens with one attached hydrogen (secondary N) is 1.